The van der Waals surface area contributed by atoms with Crippen LogP contribution in [-0.2, 0) is 0 Å². The Bertz CT molecular complexity index is 397. The Morgan fingerprint density at radius 2 is 0.773 bits per heavy atom. The summed E-state index contributed by atoms with van der Waals surface area (Å²) in [5.41, 5.74) is 0. The number of halogens is 15. The molecule has 22 heavy (non-hydrogen) atoms. The molecule has 0 aromatic carbocycles. The zero-order valence-corrected chi connectivity index (χ0v) is 33.0. The standard InChI is InChI=1S/C7Br15/c8-1(3(11,12)13)2(9,10)4(14,15)5(16,17)6(18,19)7(20,21)22. The van der Waals surface area contributed by atoms with Crippen molar-refractivity contribution in [1.29, 1.82) is 0 Å². The quantitative estimate of drug-likeness (QED) is 0.246. The molecule has 0 spiro atoms. The first-order valence-electron chi connectivity index (χ1n) is 4.33. The lowest BCUT2D eigenvalue weighted by Gasteiger charge is -2.52. The van der Waals surface area contributed by atoms with E-state index in [0.717, 1.165) is 4.83 Å². The van der Waals surface area contributed by atoms with Crippen LogP contribution in [0.25, 0.3) is 0 Å². The number of hydrogen-bond donors (Lipinski definition) is 0. The van der Waals surface area contributed by atoms with Gasteiger partial charge in [-0.3, -0.25) is 0 Å². The van der Waals surface area contributed by atoms with Crippen LogP contribution in [0.5, 0.6) is 0 Å². The summed E-state index contributed by atoms with van der Waals surface area (Å²) < 4.78 is -4.69. The first-order chi connectivity index (χ1) is 9.15. The summed E-state index contributed by atoms with van der Waals surface area (Å²) in [7, 11) is 0. The predicted molar refractivity (Wildman–Crippen MR) is 154 cm³/mol. The third-order valence-electron chi connectivity index (χ3n) is 2.06. The van der Waals surface area contributed by atoms with Crippen LogP contribution in [0.1, 0.15) is 0 Å². The lowest BCUT2D eigenvalue weighted by atomic mass is 10.1. The Morgan fingerprint density at radius 3 is 1.00 bits per heavy atom. The summed E-state index contributed by atoms with van der Waals surface area (Å²) in [6, 6.07) is 0. The minimum Gasteiger partial charge on any atom is -0.0775 e. The molecule has 0 aliphatic heterocycles. The summed E-state index contributed by atoms with van der Waals surface area (Å²) in [6.45, 7) is 0. The van der Waals surface area contributed by atoms with E-state index in [2.05, 4.69) is 239 Å². The van der Waals surface area contributed by atoms with Gasteiger partial charge in [-0.1, -0.05) is 239 Å². The molecule has 133 valence electrons. The van der Waals surface area contributed by atoms with Crippen LogP contribution in [0.4, 0.5) is 0 Å². The minimum absolute atomic E-state index is 0.668. The number of alkyl halides is 14. The SMILES string of the molecule is Br[C](C(Br)(Br)Br)C(Br)(Br)C(Br)(Br)C(Br)(Br)C(Br)(Br)C(Br)(Br)Br. The topological polar surface area (TPSA) is 0 Å². The highest BCUT2D eigenvalue weighted by molar-refractivity contribution is 9.42. The first kappa shape index (κ1) is 29.2. The van der Waals surface area contributed by atoms with Crippen LogP contribution in [-0.4, -0.2) is 17.2 Å². The van der Waals surface area contributed by atoms with Gasteiger partial charge in [-0.15, -0.1) is 0 Å². The van der Waals surface area contributed by atoms with Gasteiger partial charge in [-0.05, 0) is 0 Å². The molecular formula is C7Br15. The van der Waals surface area contributed by atoms with E-state index in [9.17, 15) is 0 Å². The molecule has 0 aliphatic carbocycles. The van der Waals surface area contributed by atoms with Crippen molar-refractivity contribution in [2.45, 2.75) is 17.2 Å². The normalized spacial score (nSPS) is 16.4. The van der Waals surface area contributed by atoms with E-state index in [1.54, 1.807) is 0 Å². The number of rotatable bonds is 4. The maximum absolute atomic E-state index is 3.74. The summed E-state index contributed by atoms with van der Waals surface area (Å²) in [5, 5.41) is 0. The van der Waals surface area contributed by atoms with Crippen molar-refractivity contribution in [3.05, 3.63) is 4.83 Å². The molecule has 1 radical (unpaired) electrons. The van der Waals surface area contributed by atoms with Crippen molar-refractivity contribution in [2.24, 2.45) is 0 Å². The van der Waals surface area contributed by atoms with Crippen molar-refractivity contribution < 1.29 is 0 Å². The van der Waals surface area contributed by atoms with Crippen LogP contribution in [0, 0.1) is 4.83 Å². The van der Waals surface area contributed by atoms with Crippen LogP contribution >= 0.6 is 239 Å². The van der Waals surface area contributed by atoms with Gasteiger partial charge in [0.05, 0.1) is 0 Å². The van der Waals surface area contributed by atoms with Crippen LogP contribution < -0.4 is 0 Å². The largest absolute Gasteiger partial charge is 0.162 e. The Balaban J connectivity index is 6.12. The Labute approximate surface area is 255 Å². The zero-order chi connectivity index (χ0) is 18.6. The van der Waals surface area contributed by atoms with Gasteiger partial charge >= 0.3 is 0 Å². The molecule has 0 heterocycles. The van der Waals surface area contributed by atoms with Gasteiger partial charge in [-0.2, -0.15) is 0 Å². The summed E-state index contributed by atoms with van der Waals surface area (Å²) in [4.78, 5) is 0.754. The zero-order valence-electron chi connectivity index (χ0n) is 9.17. The van der Waals surface area contributed by atoms with Crippen molar-refractivity contribution in [2.75, 3.05) is 0 Å². The monoisotopic (exact) mass is 1270 g/mol. The molecule has 0 amide bonds. The highest BCUT2D eigenvalue weighted by Crippen LogP contribution is 2.75. The predicted octanol–water partition coefficient (Wildman–Crippen LogP) is 11.5. The average molecular weight is 1280 g/mol. The van der Waals surface area contributed by atoms with E-state index in [1.807, 2.05) is 0 Å². The second-order valence-corrected chi connectivity index (χ2v) is 31.7. The minimum atomic E-state index is -0.854. The second kappa shape index (κ2) is 9.77. The van der Waals surface area contributed by atoms with Gasteiger partial charge in [0.25, 0.3) is 0 Å². The Hall–Kier alpha value is 7.20. The van der Waals surface area contributed by atoms with E-state index in [0.29, 0.717) is 0 Å². The van der Waals surface area contributed by atoms with E-state index in [4.69, 9.17) is 0 Å². The average Bonchev–Trinajstić information content (AvgIpc) is 2.24. The molecule has 0 aromatic heterocycles. The molecule has 0 N–H and O–H groups in total. The molecule has 0 unspecified atom stereocenters. The summed E-state index contributed by atoms with van der Waals surface area (Å²) >= 11 is 54.4. The first-order valence-corrected chi connectivity index (χ1v) is 16.2. The Kier molecular flexibility index (Phi) is 13.0. The molecule has 15 heteroatoms. The molecule has 0 saturated heterocycles. The van der Waals surface area contributed by atoms with Crippen LogP contribution in [0.15, 0.2) is 0 Å². The van der Waals surface area contributed by atoms with Crippen LogP contribution in [0.3, 0.4) is 0 Å². The highest BCUT2D eigenvalue weighted by Gasteiger charge is 2.72. The second-order valence-electron chi connectivity index (χ2n) is 3.61. The smallest absolute Gasteiger partial charge is 0.0775 e. The van der Waals surface area contributed by atoms with Crippen molar-refractivity contribution in [3.8, 4) is 0 Å². The van der Waals surface area contributed by atoms with E-state index in [1.165, 1.54) is 0 Å². The molecule has 0 saturated carbocycles. The maximum Gasteiger partial charge on any atom is 0.162 e. The fourth-order valence-electron chi connectivity index (χ4n) is 0.888. The molecule has 0 bridgehead atoms. The van der Waals surface area contributed by atoms with Gasteiger partial charge < -0.3 is 0 Å². The molecular weight excluding hydrogens is 1280 g/mol. The maximum atomic E-state index is 3.74. The third kappa shape index (κ3) is 6.13. The van der Waals surface area contributed by atoms with Gasteiger partial charge in [-0.25, -0.2) is 0 Å². The molecule has 0 atom stereocenters. The van der Waals surface area contributed by atoms with Crippen LogP contribution in [0.2, 0.25) is 0 Å². The Morgan fingerprint density at radius 1 is 0.455 bits per heavy atom. The van der Waals surface area contributed by atoms with Crippen molar-refractivity contribution in [3.63, 3.8) is 0 Å². The fourth-order valence-corrected chi connectivity index (χ4v) is 12.8. The van der Waals surface area contributed by atoms with E-state index in [-0.39, 0.29) is 0 Å². The summed E-state index contributed by atoms with van der Waals surface area (Å²) in [5.74, 6) is 0. The lowest BCUT2D eigenvalue weighted by molar-refractivity contribution is 0.683. The lowest BCUT2D eigenvalue weighted by Crippen LogP contribution is -2.61. The van der Waals surface area contributed by atoms with Gasteiger partial charge in [0, 0.05) is 0 Å². The molecule has 0 fully saturated rings. The molecule has 0 nitrogen and oxygen atoms in total. The fraction of sp³-hybridized carbons (Fsp3) is 0.857. The molecule has 0 rings (SSSR count). The number of hydrogen-bond acceptors (Lipinski definition) is 0. The van der Waals surface area contributed by atoms with E-state index < -0.39 is 17.2 Å². The molecule has 0 aromatic rings. The highest BCUT2D eigenvalue weighted by atomic mass is 80.0. The van der Waals surface area contributed by atoms with Crippen molar-refractivity contribution >= 4 is 239 Å². The van der Waals surface area contributed by atoms with Gasteiger partial charge in [0.2, 0.25) is 0 Å². The molecule has 0 aliphatic rings. The van der Waals surface area contributed by atoms with Gasteiger partial charge in [0.1, 0.15) is 17.8 Å². The third-order valence-corrected chi connectivity index (χ3v) is 27.6. The van der Waals surface area contributed by atoms with E-state index >= 15 is 0 Å². The van der Waals surface area contributed by atoms with Crippen molar-refractivity contribution in [1.82, 2.24) is 0 Å². The summed E-state index contributed by atoms with van der Waals surface area (Å²) in [6.07, 6.45) is 0. The van der Waals surface area contributed by atoms with Gasteiger partial charge in [0.15, 0.2) is 4.29 Å².